The van der Waals surface area contributed by atoms with Crippen LogP contribution in [0.15, 0.2) is 137 Å². The van der Waals surface area contributed by atoms with Crippen molar-refractivity contribution in [1.82, 2.24) is 0 Å². The van der Waals surface area contributed by atoms with Gasteiger partial charge in [0.05, 0.1) is 34.5 Å². The number of ether oxygens (including phenoxy) is 8. The van der Waals surface area contributed by atoms with Crippen molar-refractivity contribution in [2.75, 3.05) is 33.3 Å². The lowest BCUT2D eigenvalue weighted by Crippen LogP contribution is -2.67. The summed E-state index contributed by atoms with van der Waals surface area (Å²) in [5.74, 6) is -8.19. The smallest absolute Gasteiger partial charge is 0.330 e. The molecule has 5 aromatic rings. The molecule has 0 amide bonds. The first-order valence-corrected chi connectivity index (χ1v) is 22.6. The lowest BCUT2D eigenvalue weighted by Gasteiger charge is -2.61. The van der Waals surface area contributed by atoms with Crippen LogP contribution >= 0.6 is 15.9 Å². The first-order chi connectivity index (χ1) is 32.0. The normalized spacial score (nSPS) is 23.3. The number of halogens is 1. The largest absolute Gasteiger partial charge is 0.497 e. The third kappa shape index (κ3) is 7.27. The molecule has 67 heavy (non-hydrogen) atoms. The van der Waals surface area contributed by atoms with E-state index in [1.807, 2.05) is 53.4 Å². The van der Waals surface area contributed by atoms with Gasteiger partial charge in [0.1, 0.15) is 23.0 Å². The van der Waals surface area contributed by atoms with Crippen LogP contribution in [0.3, 0.4) is 0 Å². The Bertz CT molecular complexity index is 2670. The number of anilines is 1. The van der Waals surface area contributed by atoms with Gasteiger partial charge in [0.2, 0.25) is 0 Å². The summed E-state index contributed by atoms with van der Waals surface area (Å²) in [6, 6.07) is 34.8. The van der Waals surface area contributed by atoms with Gasteiger partial charge in [-0.05, 0) is 107 Å². The molecule has 0 bridgehead atoms. The number of benzene rings is 5. The highest BCUT2D eigenvalue weighted by atomic mass is 79.9. The van der Waals surface area contributed by atoms with Crippen LogP contribution in [0.1, 0.15) is 80.2 Å². The van der Waals surface area contributed by atoms with E-state index in [1.54, 1.807) is 87.0 Å². The molecular formula is C53H50BrNO12. The minimum absolute atomic E-state index is 0.0000129. The van der Waals surface area contributed by atoms with Crippen molar-refractivity contribution >= 4 is 45.5 Å². The van der Waals surface area contributed by atoms with E-state index in [-0.39, 0.29) is 6.42 Å². The van der Waals surface area contributed by atoms with Crippen molar-refractivity contribution in [3.63, 3.8) is 0 Å². The summed E-state index contributed by atoms with van der Waals surface area (Å²) in [7, 11) is 6.19. The molecule has 5 aromatic carbocycles. The molecule has 1 aliphatic carbocycles. The van der Waals surface area contributed by atoms with E-state index in [4.69, 9.17) is 37.9 Å². The van der Waals surface area contributed by atoms with Gasteiger partial charge in [-0.2, -0.15) is 0 Å². The second kappa shape index (κ2) is 16.8. The number of carbonyl (C=O) groups excluding carboxylic acids is 4. The predicted octanol–water partition coefficient (Wildman–Crippen LogP) is 9.70. The van der Waals surface area contributed by atoms with E-state index in [9.17, 15) is 0 Å². The van der Waals surface area contributed by atoms with Crippen molar-refractivity contribution in [2.24, 2.45) is 10.8 Å². The lowest BCUT2D eigenvalue weighted by atomic mass is 9.48. The molecule has 4 atom stereocenters. The van der Waals surface area contributed by atoms with Gasteiger partial charge in [0.25, 0.3) is 11.6 Å². The van der Waals surface area contributed by atoms with E-state index >= 15 is 19.2 Å². The van der Waals surface area contributed by atoms with Crippen molar-refractivity contribution in [2.45, 2.75) is 69.5 Å². The molecule has 346 valence electrons. The molecule has 0 aromatic heterocycles. The Hall–Kier alpha value is -6.80. The molecule has 3 heterocycles. The standard InChI is InChI=1S/C53H50BrNO12/c1-50(2)64-46(56)52(47(57)65-50)40(30-9-21-36(60-5)22-10-30)29-41-42(43(52)31-11-23-37(61-6)24-12-31)44(32-13-25-38(62-7)26-14-32)53(48(58)66-51(3,4)67-49(53)59)45(33-15-27-39(63-8)28-16-33)55(41)35-19-17-34(54)18-20-35/h9-28,40,43-45H,29H2,1-8H3. The SMILES string of the molecule is COc1ccc(C2CC3=C(C(c4ccc(OC)cc4)C24C(=O)OC(C)(C)OC4=O)C(c2ccc(OC)cc2)C2(C(=O)OC(C)(C)OC2=O)C(c2ccc(OC)cc2)N3c2ccc(Br)cc2)cc1. The van der Waals surface area contributed by atoms with Crippen molar-refractivity contribution in [3.8, 4) is 23.0 Å². The van der Waals surface area contributed by atoms with Crippen LogP contribution in [0.2, 0.25) is 0 Å². The number of cyclic esters (lactones) is 4. The monoisotopic (exact) mass is 971 g/mol. The van der Waals surface area contributed by atoms with Crippen LogP contribution < -0.4 is 23.8 Å². The highest BCUT2D eigenvalue weighted by Crippen LogP contribution is 2.71. The molecule has 2 fully saturated rings. The fraction of sp³-hybridized carbons (Fsp3) is 0.321. The highest BCUT2D eigenvalue weighted by molar-refractivity contribution is 9.10. The molecule has 0 saturated carbocycles. The van der Waals surface area contributed by atoms with Crippen molar-refractivity contribution < 1.29 is 57.1 Å². The number of hydrogen-bond donors (Lipinski definition) is 0. The first-order valence-electron chi connectivity index (χ1n) is 21.8. The minimum atomic E-state index is -2.29. The van der Waals surface area contributed by atoms with E-state index in [0.29, 0.717) is 62.2 Å². The Morgan fingerprint density at radius 1 is 0.478 bits per heavy atom. The number of carbonyl (C=O) groups is 4. The number of esters is 4. The maximum Gasteiger partial charge on any atom is 0.330 e. The number of allylic oxidation sites excluding steroid dienone is 2. The Balaban J connectivity index is 1.51. The average Bonchev–Trinajstić information content (AvgIpc) is 3.31. The summed E-state index contributed by atoms with van der Waals surface area (Å²) in [4.78, 5) is 65.2. The predicted molar refractivity (Wildman–Crippen MR) is 249 cm³/mol. The number of hydrogen-bond acceptors (Lipinski definition) is 13. The zero-order valence-corrected chi connectivity index (χ0v) is 39.9. The van der Waals surface area contributed by atoms with Crippen molar-refractivity contribution in [1.29, 1.82) is 0 Å². The third-order valence-corrected chi connectivity index (χ3v) is 14.0. The van der Waals surface area contributed by atoms with Gasteiger partial charge < -0.3 is 42.8 Å². The van der Waals surface area contributed by atoms with E-state index in [0.717, 1.165) is 4.47 Å². The maximum absolute atomic E-state index is 15.9. The highest BCUT2D eigenvalue weighted by Gasteiger charge is 2.75. The molecule has 4 unspecified atom stereocenters. The third-order valence-electron chi connectivity index (χ3n) is 13.5. The summed E-state index contributed by atoms with van der Waals surface area (Å²) >= 11 is 3.62. The van der Waals surface area contributed by atoms with Gasteiger partial charge in [-0.15, -0.1) is 0 Å². The maximum atomic E-state index is 15.9. The van der Waals surface area contributed by atoms with Crippen LogP contribution in [-0.4, -0.2) is 63.9 Å². The Labute approximate surface area is 397 Å². The minimum Gasteiger partial charge on any atom is -0.497 e. The first kappa shape index (κ1) is 45.4. The van der Waals surface area contributed by atoms with Crippen LogP contribution in [0, 0.1) is 10.8 Å². The zero-order chi connectivity index (χ0) is 47.6. The molecule has 2 spiro atoms. The molecule has 13 nitrogen and oxygen atoms in total. The molecule has 0 N–H and O–H groups in total. The van der Waals surface area contributed by atoms with Crippen LogP contribution in [0.5, 0.6) is 23.0 Å². The van der Waals surface area contributed by atoms with Crippen LogP contribution in [0.4, 0.5) is 5.69 Å². The van der Waals surface area contributed by atoms with Gasteiger partial charge in [-0.3, -0.25) is 19.2 Å². The average molecular weight is 973 g/mol. The van der Waals surface area contributed by atoms with E-state index < -0.39 is 70.1 Å². The van der Waals surface area contributed by atoms with E-state index in [1.165, 1.54) is 41.9 Å². The molecule has 9 rings (SSSR count). The second-order valence-corrected chi connectivity index (χ2v) is 18.9. The molecule has 0 radical (unpaired) electrons. The van der Waals surface area contributed by atoms with Crippen LogP contribution in [0.25, 0.3) is 0 Å². The van der Waals surface area contributed by atoms with E-state index in [2.05, 4.69) is 15.9 Å². The molecule has 14 heteroatoms. The topological polar surface area (TPSA) is 145 Å². The quantitative estimate of drug-likeness (QED) is 0.102. The summed E-state index contributed by atoms with van der Waals surface area (Å²) < 4.78 is 48.3. The molecule has 2 saturated heterocycles. The fourth-order valence-electron chi connectivity index (χ4n) is 10.6. The Kier molecular flexibility index (Phi) is 11.4. The fourth-order valence-corrected chi connectivity index (χ4v) is 10.9. The summed E-state index contributed by atoms with van der Waals surface area (Å²) in [6.45, 7) is 6.03. The zero-order valence-electron chi connectivity index (χ0n) is 38.3. The number of methoxy groups -OCH3 is 4. The number of nitrogens with zero attached hydrogens (tertiary/aromatic N) is 1. The molecule has 3 aliphatic heterocycles. The van der Waals surface area contributed by atoms with Gasteiger partial charge in [-0.25, -0.2) is 0 Å². The summed E-state index contributed by atoms with van der Waals surface area (Å²) in [6.07, 6.45) is -0.0000129. The summed E-state index contributed by atoms with van der Waals surface area (Å²) in [5.41, 5.74) is -0.751. The van der Waals surface area contributed by atoms with Gasteiger partial charge in [-0.1, -0.05) is 64.5 Å². The van der Waals surface area contributed by atoms with Gasteiger partial charge in [0.15, 0.2) is 10.8 Å². The second-order valence-electron chi connectivity index (χ2n) is 18.0. The number of rotatable bonds is 9. The molecule has 4 aliphatic rings. The molecular weight excluding hydrogens is 922 g/mol. The summed E-state index contributed by atoms with van der Waals surface area (Å²) in [5, 5.41) is 0. The Morgan fingerprint density at radius 3 is 1.21 bits per heavy atom. The van der Waals surface area contributed by atoms with Crippen LogP contribution in [-0.2, 0) is 38.1 Å². The Morgan fingerprint density at radius 2 is 0.821 bits per heavy atom. The van der Waals surface area contributed by atoms with Gasteiger partial charge >= 0.3 is 23.9 Å². The lowest BCUT2D eigenvalue weighted by molar-refractivity contribution is -0.256. The van der Waals surface area contributed by atoms with Crippen molar-refractivity contribution in [3.05, 3.63) is 159 Å². The van der Waals surface area contributed by atoms with Gasteiger partial charge in [0, 0.05) is 61.3 Å².